The quantitative estimate of drug-likeness (QED) is 0.159. The molecule has 0 radical (unpaired) electrons. The molecule has 11 rings (SSSR count). The molecular formula is C64H53NO. The molecule has 0 amide bonds. The lowest BCUT2D eigenvalue weighted by Gasteiger charge is -2.29. The van der Waals surface area contributed by atoms with E-state index in [0.717, 1.165) is 50.1 Å². The zero-order valence-corrected chi connectivity index (χ0v) is 38.6. The van der Waals surface area contributed by atoms with E-state index in [9.17, 15) is 0 Å². The minimum Gasteiger partial charge on any atom is -0.456 e. The van der Waals surface area contributed by atoms with Crippen molar-refractivity contribution in [2.75, 3.05) is 4.90 Å². The van der Waals surface area contributed by atoms with E-state index in [1.54, 1.807) is 0 Å². The molecule has 0 saturated carbocycles. The first-order valence-corrected chi connectivity index (χ1v) is 23.2. The number of benzene rings is 10. The molecule has 1 aromatic heterocycles. The number of nitrogens with zero attached hydrogens (tertiary/aromatic N) is 1. The summed E-state index contributed by atoms with van der Waals surface area (Å²) in [6.07, 6.45) is 0. The van der Waals surface area contributed by atoms with Crippen molar-refractivity contribution in [2.45, 2.75) is 52.4 Å². The highest BCUT2D eigenvalue weighted by molar-refractivity contribution is 6.10. The average Bonchev–Trinajstić information content (AvgIpc) is 3.71. The van der Waals surface area contributed by atoms with Gasteiger partial charge in [0.1, 0.15) is 11.2 Å². The summed E-state index contributed by atoms with van der Waals surface area (Å²) in [5, 5.41) is 7.20. The van der Waals surface area contributed by atoms with Gasteiger partial charge >= 0.3 is 0 Å². The number of rotatable bonds is 7. The molecule has 0 saturated heterocycles. The molecule has 11 aromatic rings. The maximum atomic E-state index is 6.53. The molecule has 0 unspecified atom stereocenters. The Kier molecular flexibility index (Phi) is 10.0. The van der Waals surface area contributed by atoms with Crippen LogP contribution in [0, 0.1) is 0 Å². The molecule has 0 atom stereocenters. The fraction of sp³-hybridized carbons (Fsp3) is 0.125. The molecule has 0 aliphatic heterocycles. The SMILES string of the molecule is CC(C)(C)c1cc(-c2cccc3cccc(-c4ccccc4N(c4ccc(-c5ccc(-c6cccc7ccccc67)cc5)cc4)c4ccc5c(c4)oc4ccccc45)c23)cc(C(C)(C)C)c1. The predicted molar refractivity (Wildman–Crippen MR) is 283 cm³/mol. The molecule has 320 valence electrons. The van der Waals surface area contributed by atoms with Crippen LogP contribution in [0.25, 0.3) is 88.0 Å². The summed E-state index contributed by atoms with van der Waals surface area (Å²) in [6, 6.07) is 77.8. The monoisotopic (exact) mass is 851 g/mol. The summed E-state index contributed by atoms with van der Waals surface area (Å²) in [7, 11) is 0. The van der Waals surface area contributed by atoms with Gasteiger partial charge in [-0.25, -0.2) is 0 Å². The van der Waals surface area contributed by atoms with Crippen LogP contribution in [0.15, 0.2) is 217 Å². The number of hydrogen-bond donors (Lipinski definition) is 0. The first-order chi connectivity index (χ1) is 32.0. The average molecular weight is 852 g/mol. The highest BCUT2D eigenvalue weighted by Crippen LogP contribution is 2.47. The smallest absolute Gasteiger partial charge is 0.137 e. The number of para-hydroxylation sites is 2. The minimum absolute atomic E-state index is 0.00599. The Hall–Kier alpha value is -7.68. The van der Waals surface area contributed by atoms with Crippen LogP contribution in [0.5, 0.6) is 0 Å². The molecule has 2 heteroatoms. The van der Waals surface area contributed by atoms with E-state index in [1.807, 2.05) is 6.07 Å². The molecule has 66 heavy (non-hydrogen) atoms. The van der Waals surface area contributed by atoms with Crippen LogP contribution in [0.4, 0.5) is 17.1 Å². The molecular weight excluding hydrogens is 799 g/mol. The lowest BCUT2D eigenvalue weighted by atomic mass is 9.78. The van der Waals surface area contributed by atoms with Crippen molar-refractivity contribution in [3.05, 3.63) is 223 Å². The third kappa shape index (κ3) is 7.43. The molecule has 10 aromatic carbocycles. The summed E-state index contributed by atoms with van der Waals surface area (Å²) in [5.41, 5.74) is 17.2. The first-order valence-electron chi connectivity index (χ1n) is 23.2. The van der Waals surface area contributed by atoms with Crippen LogP contribution < -0.4 is 4.90 Å². The van der Waals surface area contributed by atoms with Gasteiger partial charge in [-0.2, -0.15) is 0 Å². The third-order valence-electron chi connectivity index (χ3n) is 13.4. The van der Waals surface area contributed by atoms with E-state index in [2.05, 4.69) is 253 Å². The van der Waals surface area contributed by atoms with Crippen molar-refractivity contribution in [2.24, 2.45) is 0 Å². The molecule has 0 N–H and O–H groups in total. The van der Waals surface area contributed by atoms with Crippen LogP contribution in [0.1, 0.15) is 52.7 Å². The summed E-state index contributed by atoms with van der Waals surface area (Å²) in [6.45, 7) is 13.9. The van der Waals surface area contributed by atoms with Crippen LogP contribution >= 0.6 is 0 Å². The normalized spacial score (nSPS) is 12.1. The van der Waals surface area contributed by atoms with Crippen molar-refractivity contribution in [3.63, 3.8) is 0 Å². The zero-order chi connectivity index (χ0) is 45.2. The van der Waals surface area contributed by atoms with Gasteiger partial charge in [-0.1, -0.05) is 211 Å². The summed E-state index contributed by atoms with van der Waals surface area (Å²) < 4.78 is 6.53. The second-order valence-corrected chi connectivity index (χ2v) is 19.8. The zero-order valence-electron chi connectivity index (χ0n) is 38.6. The molecule has 0 spiro atoms. The van der Waals surface area contributed by atoms with Crippen LogP contribution in [0.3, 0.4) is 0 Å². The van der Waals surface area contributed by atoms with Crippen molar-refractivity contribution in [1.29, 1.82) is 0 Å². The van der Waals surface area contributed by atoms with E-state index < -0.39 is 0 Å². The fourth-order valence-electron chi connectivity index (χ4n) is 9.75. The van der Waals surface area contributed by atoms with Crippen LogP contribution in [-0.4, -0.2) is 0 Å². The number of furan rings is 1. The Morgan fingerprint density at radius 1 is 0.333 bits per heavy atom. The number of fused-ring (bicyclic) bond motifs is 5. The van der Waals surface area contributed by atoms with Gasteiger partial charge in [0.25, 0.3) is 0 Å². The van der Waals surface area contributed by atoms with Crippen molar-refractivity contribution in [1.82, 2.24) is 0 Å². The topological polar surface area (TPSA) is 16.4 Å². The maximum absolute atomic E-state index is 6.53. The van der Waals surface area contributed by atoms with Crippen LogP contribution in [-0.2, 0) is 10.8 Å². The largest absolute Gasteiger partial charge is 0.456 e. The first kappa shape index (κ1) is 41.1. The lowest BCUT2D eigenvalue weighted by Crippen LogP contribution is -2.16. The Labute approximate surface area is 388 Å². The molecule has 0 aliphatic rings. The Morgan fingerprint density at radius 2 is 0.848 bits per heavy atom. The molecule has 1 heterocycles. The van der Waals surface area contributed by atoms with Gasteiger partial charge in [-0.05, 0) is 119 Å². The van der Waals surface area contributed by atoms with E-state index in [0.29, 0.717) is 0 Å². The number of anilines is 3. The molecule has 0 fully saturated rings. The Bertz CT molecular complexity index is 3550. The van der Waals surface area contributed by atoms with Crippen molar-refractivity contribution < 1.29 is 4.42 Å². The van der Waals surface area contributed by atoms with Gasteiger partial charge in [-0.15, -0.1) is 0 Å². The number of hydrogen-bond acceptors (Lipinski definition) is 2. The van der Waals surface area contributed by atoms with Gasteiger partial charge in [0.2, 0.25) is 0 Å². The van der Waals surface area contributed by atoms with Gasteiger partial charge in [0, 0.05) is 33.8 Å². The second-order valence-electron chi connectivity index (χ2n) is 19.8. The van der Waals surface area contributed by atoms with Crippen LogP contribution in [0.2, 0.25) is 0 Å². The minimum atomic E-state index is -0.00599. The highest BCUT2D eigenvalue weighted by atomic mass is 16.3. The van der Waals surface area contributed by atoms with Crippen molar-refractivity contribution in [3.8, 4) is 44.5 Å². The predicted octanol–water partition coefficient (Wildman–Crippen LogP) is 18.6. The van der Waals surface area contributed by atoms with E-state index >= 15 is 0 Å². The maximum Gasteiger partial charge on any atom is 0.137 e. The lowest BCUT2D eigenvalue weighted by molar-refractivity contribution is 0.569. The van der Waals surface area contributed by atoms with Gasteiger partial charge in [0.15, 0.2) is 0 Å². The van der Waals surface area contributed by atoms with Gasteiger partial charge in [-0.3, -0.25) is 0 Å². The van der Waals surface area contributed by atoms with E-state index in [1.165, 1.54) is 66.1 Å². The van der Waals surface area contributed by atoms with Crippen molar-refractivity contribution >= 4 is 60.5 Å². The molecule has 0 bridgehead atoms. The Balaban J connectivity index is 1.06. The summed E-state index contributed by atoms with van der Waals surface area (Å²) in [4.78, 5) is 2.40. The fourth-order valence-corrected chi connectivity index (χ4v) is 9.75. The van der Waals surface area contributed by atoms with Gasteiger partial charge < -0.3 is 9.32 Å². The standard InChI is InChI=1S/C64H53NO/c1-63(2,3)48-38-47(39-49(40-48)64(4,5)6)54-24-14-18-46-19-15-25-58(62(46)54)55-21-9-11-26-59(55)65(51-36-37-57-56-22-10-12-27-60(56)66-61(57)41-51)50-34-32-43(33-35-50)42-28-30-45(31-29-42)53-23-13-17-44-16-7-8-20-52(44)53/h7-41H,1-6H3. The molecule has 0 aliphatic carbocycles. The van der Waals surface area contributed by atoms with Gasteiger partial charge in [0.05, 0.1) is 5.69 Å². The third-order valence-corrected chi connectivity index (χ3v) is 13.4. The summed E-state index contributed by atoms with van der Waals surface area (Å²) in [5.74, 6) is 0. The van der Waals surface area contributed by atoms with E-state index in [-0.39, 0.29) is 10.8 Å². The highest BCUT2D eigenvalue weighted by Gasteiger charge is 2.24. The van der Waals surface area contributed by atoms with E-state index in [4.69, 9.17) is 4.42 Å². The molecule has 2 nitrogen and oxygen atoms in total. The Morgan fingerprint density at radius 3 is 1.56 bits per heavy atom. The summed E-state index contributed by atoms with van der Waals surface area (Å²) >= 11 is 0. The second kappa shape index (κ2) is 16.1.